The van der Waals surface area contributed by atoms with E-state index in [1.165, 1.54) is 6.92 Å². The Hall–Kier alpha value is -2.18. The van der Waals surface area contributed by atoms with Crippen LogP contribution >= 0.6 is 0 Å². The third kappa shape index (κ3) is 4.70. The van der Waals surface area contributed by atoms with Gasteiger partial charge < -0.3 is 20.5 Å². The number of aromatic amines is 1. The first-order valence-electron chi connectivity index (χ1n) is 6.70. The minimum Gasteiger partial charge on any atom is -0.481 e. The van der Waals surface area contributed by atoms with Gasteiger partial charge in [0, 0.05) is 30.5 Å². The molecule has 0 radical (unpaired) electrons. The van der Waals surface area contributed by atoms with E-state index in [1.54, 1.807) is 6.20 Å². The molecule has 1 aromatic carbocycles. The molecule has 4 N–H and O–H groups in total. The summed E-state index contributed by atoms with van der Waals surface area (Å²) in [4.78, 5) is 18.1. The van der Waals surface area contributed by atoms with Crippen LogP contribution in [0.3, 0.4) is 0 Å². The molecule has 0 aliphatic rings. The van der Waals surface area contributed by atoms with Gasteiger partial charge in [0.25, 0.3) is 0 Å². The maximum absolute atomic E-state index is 10.6. The first kappa shape index (κ1) is 15.2. The van der Waals surface area contributed by atoms with Crippen molar-refractivity contribution >= 4 is 5.97 Å². The molecule has 1 heterocycles. The zero-order valence-electron chi connectivity index (χ0n) is 11.8. The Balaban J connectivity index is 1.88. The molecule has 2 aromatic rings. The molecular weight excluding hydrogens is 270 g/mol. The lowest BCUT2D eigenvalue weighted by molar-refractivity contribution is -0.141. The second-order valence-electron chi connectivity index (χ2n) is 5.29. The molecule has 1 unspecified atom stereocenters. The summed E-state index contributed by atoms with van der Waals surface area (Å²) in [5.41, 5.74) is 0.607. The zero-order valence-corrected chi connectivity index (χ0v) is 11.8. The van der Waals surface area contributed by atoms with Crippen molar-refractivity contribution in [2.45, 2.75) is 25.5 Å². The van der Waals surface area contributed by atoms with Crippen molar-refractivity contribution < 1.29 is 15.0 Å². The number of hydrogen-bond acceptors (Lipinski definition) is 4. The fourth-order valence-corrected chi connectivity index (χ4v) is 2.05. The molecule has 6 heteroatoms. The smallest absolute Gasteiger partial charge is 0.306 e. The summed E-state index contributed by atoms with van der Waals surface area (Å²) in [6, 6.07) is 9.76. The van der Waals surface area contributed by atoms with Crippen molar-refractivity contribution in [1.82, 2.24) is 15.3 Å². The van der Waals surface area contributed by atoms with Crippen molar-refractivity contribution in [2.75, 3.05) is 6.54 Å². The lowest BCUT2D eigenvalue weighted by Crippen LogP contribution is -2.39. The van der Waals surface area contributed by atoms with Crippen LogP contribution in [0.2, 0.25) is 0 Å². The van der Waals surface area contributed by atoms with E-state index in [9.17, 15) is 9.90 Å². The van der Waals surface area contributed by atoms with Gasteiger partial charge in [0.15, 0.2) is 0 Å². The number of H-pyrrole nitrogens is 1. The molecule has 0 fully saturated rings. The number of aliphatic hydroxyl groups is 1. The van der Waals surface area contributed by atoms with E-state index in [1.807, 2.05) is 30.3 Å². The standard InChI is InChI=1S/C15H19N3O3/c1-15(21,7-13(19)20)10-16-8-12-9-17-14(18-12)11-5-3-2-4-6-11/h2-6,9,16,21H,7-8,10H2,1H3,(H,17,18)(H,19,20). The van der Waals surface area contributed by atoms with Crippen LogP contribution in [0.1, 0.15) is 19.0 Å². The monoisotopic (exact) mass is 289 g/mol. The highest BCUT2D eigenvalue weighted by atomic mass is 16.4. The highest BCUT2D eigenvalue weighted by molar-refractivity contribution is 5.68. The normalized spacial score (nSPS) is 13.8. The molecule has 0 saturated heterocycles. The number of benzene rings is 1. The molecule has 1 atom stereocenters. The van der Waals surface area contributed by atoms with E-state index in [0.29, 0.717) is 6.54 Å². The van der Waals surface area contributed by atoms with E-state index in [4.69, 9.17) is 5.11 Å². The topological polar surface area (TPSA) is 98.2 Å². The average molecular weight is 289 g/mol. The van der Waals surface area contributed by atoms with E-state index < -0.39 is 11.6 Å². The molecule has 0 amide bonds. The fourth-order valence-electron chi connectivity index (χ4n) is 2.05. The number of carboxylic acids is 1. The number of imidazole rings is 1. The Morgan fingerprint density at radius 3 is 2.76 bits per heavy atom. The van der Waals surface area contributed by atoms with Gasteiger partial charge in [-0.1, -0.05) is 30.3 Å². The molecule has 2 rings (SSSR count). The van der Waals surface area contributed by atoms with Crippen molar-refractivity contribution in [3.8, 4) is 11.4 Å². The second kappa shape index (κ2) is 6.51. The van der Waals surface area contributed by atoms with Crippen LogP contribution in [0, 0.1) is 0 Å². The van der Waals surface area contributed by atoms with Crippen LogP contribution in [-0.4, -0.2) is 38.3 Å². The Labute approximate surface area is 122 Å². The molecule has 0 aliphatic carbocycles. The van der Waals surface area contributed by atoms with E-state index in [2.05, 4.69) is 15.3 Å². The van der Waals surface area contributed by atoms with Gasteiger partial charge >= 0.3 is 5.97 Å². The number of rotatable bonds is 7. The number of carbonyl (C=O) groups is 1. The Kier molecular flexibility index (Phi) is 4.72. The number of nitrogens with zero attached hydrogens (tertiary/aromatic N) is 1. The van der Waals surface area contributed by atoms with Crippen molar-refractivity contribution in [3.63, 3.8) is 0 Å². The third-order valence-electron chi connectivity index (χ3n) is 3.03. The predicted molar refractivity (Wildman–Crippen MR) is 78.6 cm³/mol. The third-order valence-corrected chi connectivity index (χ3v) is 3.03. The zero-order chi connectivity index (χ0) is 15.3. The molecule has 0 spiro atoms. The van der Waals surface area contributed by atoms with Crippen molar-refractivity contribution in [2.24, 2.45) is 0 Å². The number of aromatic nitrogens is 2. The van der Waals surface area contributed by atoms with Crippen LogP contribution in [0.5, 0.6) is 0 Å². The van der Waals surface area contributed by atoms with Gasteiger partial charge in [-0.2, -0.15) is 0 Å². The molecule has 112 valence electrons. The van der Waals surface area contributed by atoms with Gasteiger partial charge in [0.05, 0.1) is 12.0 Å². The van der Waals surface area contributed by atoms with Gasteiger partial charge in [-0.25, -0.2) is 4.98 Å². The average Bonchev–Trinajstić information content (AvgIpc) is 2.87. The highest BCUT2D eigenvalue weighted by Crippen LogP contribution is 2.14. The molecule has 0 saturated carbocycles. The molecule has 1 aromatic heterocycles. The Morgan fingerprint density at radius 1 is 1.38 bits per heavy atom. The summed E-state index contributed by atoms with van der Waals surface area (Å²) in [5.74, 6) is -0.237. The van der Waals surface area contributed by atoms with Crippen molar-refractivity contribution in [3.05, 3.63) is 42.2 Å². The highest BCUT2D eigenvalue weighted by Gasteiger charge is 2.23. The van der Waals surface area contributed by atoms with Crippen LogP contribution in [0.4, 0.5) is 0 Å². The maximum Gasteiger partial charge on any atom is 0.306 e. The number of hydrogen-bond donors (Lipinski definition) is 4. The van der Waals surface area contributed by atoms with Gasteiger partial charge in [0.1, 0.15) is 5.82 Å². The number of nitrogens with one attached hydrogen (secondary N) is 2. The van der Waals surface area contributed by atoms with Crippen LogP contribution in [0.15, 0.2) is 36.5 Å². The molecule has 6 nitrogen and oxygen atoms in total. The number of carboxylic acid groups (broad SMARTS) is 1. The molecule has 0 bridgehead atoms. The van der Waals surface area contributed by atoms with Gasteiger partial charge in [-0.05, 0) is 6.92 Å². The Bertz CT molecular complexity index is 593. The van der Waals surface area contributed by atoms with Crippen LogP contribution in [0.25, 0.3) is 11.4 Å². The van der Waals surface area contributed by atoms with E-state index in [-0.39, 0.29) is 13.0 Å². The van der Waals surface area contributed by atoms with Crippen LogP contribution in [-0.2, 0) is 11.3 Å². The second-order valence-corrected chi connectivity index (χ2v) is 5.29. The lowest BCUT2D eigenvalue weighted by atomic mass is 10.0. The van der Waals surface area contributed by atoms with Gasteiger partial charge in [-0.15, -0.1) is 0 Å². The van der Waals surface area contributed by atoms with Crippen molar-refractivity contribution in [1.29, 1.82) is 0 Å². The molecular formula is C15H19N3O3. The first-order chi connectivity index (χ1) is 9.96. The lowest BCUT2D eigenvalue weighted by Gasteiger charge is -2.21. The van der Waals surface area contributed by atoms with Gasteiger partial charge in [0.2, 0.25) is 0 Å². The predicted octanol–water partition coefficient (Wildman–Crippen LogP) is 1.39. The summed E-state index contributed by atoms with van der Waals surface area (Å²) in [7, 11) is 0. The quantitative estimate of drug-likeness (QED) is 0.617. The minimum atomic E-state index is -1.27. The Morgan fingerprint density at radius 2 is 2.10 bits per heavy atom. The maximum atomic E-state index is 10.6. The molecule has 0 aliphatic heterocycles. The fraction of sp³-hybridized carbons (Fsp3) is 0.333. The minimum absolute atomic E-state index is 0.193. The molecule has 21 heavy (non-hydrogen) atoms. The van der Waals surface area contributed by atoms with E-state index in [0.717, 1.165) is 17.1 Å². The largest absolute Gasteiger partial charge is 0.481 e. The summed E-state index contributed by atoms with van der Waals surface area (Å²) >= 11 is 0. The summed E-state index contributed by atoms with van der Waals surface area (Å²) in [5, 5.41) is 21.6. The first-order valence-corrected chi connectivity index (χ1v) is 6.70. The summed E-state index contributed by atoms with van der Waals surface area (Å²) in [6.07, 6.45) is 1.43. The van der Waals surface area contributed by atoms with Crippen LogP contribution < -0.4 is 5.32 Å². The summed E-state index contributed by atoms with van der Waals surface area (Å²) < 4.78 is 0. The number of aliphatic carboxylic acids is 1. The summed E-state index contributed by atoms with van der Waals surface area (Å²) in [6.45, 7) is 2.17. The van der Waals surface area contributed by atoms with Gasteiger partial charge in [-0.3, -0.25) is 4.79 Å². The van der Waals surface area contributed by atoms with E-state index >= 15 is 0 Å². The SMILES string of the molecule is CC(O)(CNCc1cnc(-c2ccccc2)[nH]1)CC(=O)O.